The summed E-state index contributed by atoms with van der Waals surface area (Å²) in [6.07, 6.45) is 8.95. The number of hydrogen-bond donors (Lipinski definition) is 0. The van der Waals surface area contributed by atoms with Crippen molar-refractivity contribution in [3.05, 3.63) is 0 Å². The highest BCUT2D eigenvalue weighted by atomic mass is 79.9. The third-order valence-corrected chi connectivity index (χ3v) is 4.60. The van der Waals surface area contributed by atoms with E-state index in [0.29, 0.717) is 24.5 Å². The molecule has 3 nitrogen and oxygen atoms in total. The van der Waals surface area contributed by atoms with Gasteiger partial charge in [0.05, 0.1) is 12.1 Å². The van der Waals surface area contributed by atoms with Crippen LogP contribution in [0, 0.1) is 0 Å². The van der Waals surface area contributed by atoms with Gasteiger partial charge in [-0.3, -0.25) is 4.79 Å². The quantitative estimate of drug-likeness (QED) is 0.576. The topological polar surface area (TPSA) is 29.5 Å². The van der Waals surface area contributed by atoms with E-state index >= 15 is 0 Å². The number of unbranched alkanes of at least 4 members (excludes halogenated alkanes) is 1. The van der Waals surface area contributed by atoms with Crippen molar-refractivity contribution in [2.45, 2.75) is 63.5 Å². The van der Waals surface area contributed by atoms with E-state index in [9.17, 15) is 4.79 Å². The Balaban J connectivity index is 1.84. The summed E-state index contributed by atoms with van der Waals surface area (Å²) >= 11 is 3.41. The van der Waals surface area contributed by atoms with Crippen molar-refractivity contribution < 1.29 is 9.53 Å². The molecule has 104 valence electrons. The van der Waals surface area contributed by atoms with Crippen molar-refractivity contribution in [2.24, 2.45) is 0 Å². The zero-order chi connectivity index (χ0) is 12.8. The molecule has 2 rings (SSSR count). The first kappa shape index (κ1) is 14.3. The Morgan fingerprint density at radius 1 is 1.22 bits per heavy atom. The van der Waals surface area contributed by atoms with E-state index < -0.39 is 0 Å². The molecule has 0 bridgehead atoms. The molecule has 0 aromatic rings. The summed E-state index contributed by atoms with van der Waals surface area (Å²) in [5.41, 5.74) is 0. The first-order valence-corrected chi connectivity index (χ1v) is 8.42. The SMILES string of the molecule is O=C(CCCCBr)N1CCCC1C1CCCCO1. The van der Waals surface area contributed by atoms with Crippen molar-refractivity contribution in [2.75, 3.05) is 18.5 Å². The van der Waals surface area contributed by atoms with Crippen molar-refractivity contribution >= 4 is 21.8 Å². The molecule has 4 heteroatoms. The molecule has 2 heterocycles. The van der Waals surface area contributed by atoms with E-state index in [4.69, 9.17) is 4.74 Å². The molecule has 0 spiro atoms. The predicted molar refractivity (Wildman–Crippen MR) is 76.0 cm³/mol. The maximum absolute atomic E-state index is 12.2. The Morgan fingerprint density at radius 3 is 2.83 bits per heavy atom. The molecule has 0 aromatic carbocycles. The minimum Gasteiger partial charge on any atom is -0.376 e. The first-order valence-electron chi connectivity index (χ1n) is 7.30. The van der Waals surface area contributed by atoms with Crippen LogP contribution < -0.4 is 0 Å². The first-order chi connectivity index (χ1) is 8.83. The second-order valence-corrected chi connectivity index (χ2v) is 6.14. The predicted octanol–water partition coefficient (Wildman–Crippen LogP) is 3.11. The van der Waals surface area contributed by atoms with E-state index in [1.807, 2.05) is 0 Å². The molecule has 2 saturated heterocycles. The molecule has 18 heavy (non-hydrogen) atoms. The van der Waals surface area contributed by atoms with Gasteiger partial charge in [-0.1, -0.05) is 15.9 Å². The summed E-state index contributed by atoms with van der Waals surface area (Å²) in [5.74, 6) is 0.340. The third kappa shape index (κ3) is 3.70. The van der Waals surface area contributed by atoms with Gasteiger partial charge in [-0.25, -0.2) is 0 Å². The number of ether oxygens (including phenoxy) is 1. The molecule has 2 atom stereocenters. The van der Waals surface area contributed by atoms with E-state index in [2.05, 4.69) is 20.8 Å². The summed E-state index contributed by atoms with van der Waals surface area (Å²) in [6.45, 7) is 1.82. The van der Waals surface area contributed by atoms with Gasteiger partial charge in [0.15, 0.2) is 0 Å². The number of halogens is 1. The minimum atomic E-state index is 0.307. The van der Waals surface area contributed by atoms with Crippen LogP contribution in [0.25, 0.3) is 0 Å². The van der Waals surface area contributed by atoms with Gasteiger partial charge < -0.3 is 9.64 Å². The highest BCUT2D eigenvalue weighted by Crippen LogP contribution is 2.28. The van der Waals surface area contributed by atoms with Crippen LogP contribution in [0.5, 0.6) is 0 Å². The number of carbonyl (C=O) groups is 1. The number of alkyl halides is 1. The Hall–Kier alpha value is -0.0900. The molecule has 0 N–H and O–H groups in total. The van der Waals surface area contributed by atoms with Gasteiger partial charge in [0, 0.05) is 24.9 Å². The van der Waals surface area contributed by atoms with Crippen LogP contribution in [-0.2, 0) is 9.53 Å². The van der Waals surface area contributed by atoms with E-state index in [-0.39, 0.29) is 0 Å². The zero-order valence-electron chi connectivity index (χ0n) is 11.1. The maximum atomic E-state index is 12.2. The van der Waals surface area contributed by atoms with Gasteiger partial charge in [-0.2, -0.15) is 0 Å². The van der Waals surface area contributed by atoms with Gasteiger partial charge in [0.1, 0.15) is 0 Å². The standard InChI is InChI=1S/C14H24BrNO2/c15-9-3-1-8-14(17)16-10-5-6-12(16)13-7-2-4-11-18-13/h12-13H,1-11H2. The van der Waals surface area contributed by atoms with Crippen LogP contribution in [0.2, 0.25) is 0 Å². The van der Waals surface area contributed by atoms with Gasteiger partial charge in [0.25, 0.3) is 0 Å². The second kappa shape index (κ2) is 7.49. The Kier molecular flexibility index (Phi) is 5.96. The molecule has 0 saturated carbocycles. The normalized spacial score (nSPS) is 28.6. The van der Waals surface area contributed by atoms with E-state index in [0.717, 1.165) is 50.6 Å². The van der Waals surface area contributed by atoms with Crippen molar-refractivity contribution in [3.8, 4) is 0 Å². The average molecular weight is 318 g/mol. The van der Waals surface area contributed by atoms with Crippen LogP contribution in [0.4, 0.5) is 0 Å². The second-order valence-electron chi connectivity index (χ2n) is 5.35. The molecule has 2 fully saturated rings. The van der Waals surface area contributed by atoms with Gasteiger partial charge >= 0.3 is 0 Å². The molecule has 2 unspecified atom stereocenters. The molecule has 0 radical (unpaired) electrons. The monoisotopic (exact) mass is 317 g/mol. The maximum Gasteiger partial charge on any atom is 0.222 e. The summed E-state index contributed by atoms with van der Waals surface area (Å²) < 4.78 is 5.87. The van der Waals surface area contributed by atoms with Crippen LogP contribution in [0.3, 0.4) is 0 Å². The number of amides is 1. The molecule has 0 aliphatic carbocycles. The Morgan fingerprint density at radius 2 is 2.11 bits per heavy atom. The van der Waals surface area contributed by atoms with Crippen molar-refractivity contribution in [1.82, 2.24) is 4.90 Å². The highest BCUT2D eigenvalue weighted by Gasteiger charge is 2.35. The largest absolute Gasteiger partial charge is 0.376 e. The van der Waals surface area contributed by atoms with Crippen LogP contribution in [0.15, 0.2) is 0 Å². The number of nitrogens with zero attached hydrogens (tertiary/aromatic N) is 1. The van der Waals surface area contributed by atoms with Gasteiger partial charge in [0.2, 0.25) is 5.91 Å². The van der Waals surface area contributed by atoms with Crippen LogP contribution >= 0.6 is 15.9 Å². The highest BCUT2D eigenvalue weighted by molar-refractivity contribution is 9.09. The summed E-state index contributed by atoms with van der Waals surface area (Å²) in [5, 5.41) is 0.995. The van der Waals surface area contributed by atoms with E-state index in [1.54, 1.807) is 0 Å². The fraction of sp³-hybridized carbons (Fsp3) is 0.929. The van der Waals surface area contributed by atoms with Crippen LogP contribution in [-0.4, -0.2) is 41.4 Å². The summed E-state index contributed by atoms with van der Waals surface area (Å²) in [6, 6.07) is 0.363. The molecule has 2 aliphatic heterocycles. The lowest BCUT2D eigenvalue weighted by molar-refractivity contribution is -0.136. The molecule has 2 aliphatic rings. The molecular weight excluding hydrogens is 294 g/mol. The average Bonchev–Trinajstić information content (AvgIpc) is 2.89. The van der Waals surface area contributed by atoms with Crippen LogP contribution in [0.1, 0.15) is 51.4 Å². The fourth-order valence-corrected chi connectivity index (χ4v) is 3.47. The number of rotatable bonds is 5. The third-order valence-electron chi connectivity index (χ3n) is 4.04. The minimum absolute atomic E-state index is 0.307. The number of likely N-dealkylation sites (tertiary alicyclic amines) is 1. The Bertz CT molecular complexity index is 267. The van der Waals surface area contributed by atoms with Gasteiger partial charge in [-0.15, -0.1) is 0 Å². The summed E-state index contributed by atoms with van der Waals surface area (Å²) in [4.78, 5) is 14.3. The lowest BCUT2D eigenvalue weighted by Gasteiger charge is -2.34. The fourth-order valence-electron chi connectivity index (χ4n) is 3.07. The lowest BCUT2D eigenvalue weighted by atomic mass is 10.00. The van der Waals surface area contributed by atoms with Gasteiger partial charge in [-0.05, 0) is 44.9 Å². The van der Waals surface area contributed by atoms with Crippen molar-refractivity contribution in [1.29, 1.82) is 0 Å². The lowest BCUT2D eigenvalue weighted by Crippen LogP contribution is -2.44. The smallest absolute Gasteiger partial charge is 0.222 e. The van der Waals surface area contributed by atoms with Crippen molar-refractivity contribution in [3.63, 3.8) is 0 Å². The zero-order valence-corrected chi connectivity index (χ0v) is 12.7. The molecule has 0 aromatic heterocycles. The summed E-state index contributed by atoms with van der Waals surface area (Å²) in [7, 11) is 0. The molecule has 1 amide bonds. The number of carbonyl (C=O) groups excluding carboxylic acids is 1. The number of hydrogen-bond acceptors (Lipinski definition) is 2. The van der Waals surface area contributed by atoms with E-state index in [1.165, 1.54) is 12.8 Å². The Labute approximate surface area is 118 Å². The molecular formula is C14H24BrNO2.